The first kappa shape index (κ1) is 14.3. The van der Waals surface area contributed by atoms with E-state index in [1.165, 1.54) is 16.4 Å². The number of carbonyl (C=O) groups excluding carboxylic acids is 1. The number of nitrogens with one attached hydrogen (secondary N) is 1. The van der Waals surface area contributed by atoms with Crippen LogP contribution in [-0.2, 0) is 11.8 Å². The van der Waals surface area contributed by atoms with E-state index in [1.807, 2.05) is 25.1 Å². The lowest BCUT2D eigenvalue weighted by molar-refractivity contribution is -0.113. The number of aromatic nitrogens is 4. The van der Waals surface area contributed by atoms with Crippen molar-refractivity contribution in [3.63, 3.8) is 0 Å². The zero-order valence-electron chi connectivity index (χ0n) is 10.4. The van der Waals surface area contributed by atoms with Gasteiger partial charge in [-0.15, -0.1) is 5.10 Å². The molecule has 2 aromatic rings. The van der Waals surface area contributed by atoms with Crippen molar-refractivity contribution in [2.24, 2.45) is 7.05 Å². The van der Waals surface area contributed by atoms with Crippen LogP contribution in [0.1, 0.15) is 5.56 Å². The molecular formula is C11H12IN5OS. The fourth-order valence-electron chi connectivity index (χ4n) is 1.43. The number of carbonyl (C=O) groups is 1. The lowest BCUT2D eigenvalue weighted by Crippen LogP contribution is -2.15. The van der Waals surface area contributed by atoms with Gasteiger partial charge in [0.25, 0.3) is 0 Å². The molecule has 6 nitrogen and oxygen atoms in total. The van der Waals surface area contributed by atoms with E-state index >= 15 is 0 Å². The Bertz CT molecular complexity index is 601. The summed E-state index contributed by atoms with van der Waals surface area (Å²) in [5.41, 5.74) is 1.88. The first-order valence-corrected chi connectivity index (χ1v) is 7.54. The number of aryl methyl sites for hydroxylation is 2. The molecule has 1 heterocycles. The van der Waals surface area contributed by atoms with Crippen molar-refractivity contribution >= 4 is 45.9 Å². The minimum absolute atomic E-state index is 0.0719. The lowest BCUT2D eigenvalue weighted by atomic mass is 10.2. The number of tetrazole rings is 1. The van der Waals surface area contributed by atoms with Crippen molar-refractivity contribution in [1.82, 2.24) is 20.2 Å². The van der Waals surface area contributed by atoms with E-state index < -0.39 is 0 Å². The highest BCUT2D eigenvalue weighted by Crippen LogP contribution is 2.19. The van der Waals surface area contributed by atoms with Gasteiger partial charge >= 0.3 is 0 Å². The Morgan fingerprint density at radius 2 is 2.32 bits per heavy atom. The second kappa shape index (κ2) is 6.33. The number of halogens is 1. The third-order valence-electron chi connectivity index (χ3n) is 2.38. The van der Waals surface area contributed by atoms with Gasteiger partial charge in [-0.05, 0) is 63.7 Å². The molecule has 0 aliphatic carbocycles. The number of hydrogen-bond donors (Lipinski definition) is 1. The Kier molecular flexibility index (Phi) is 4.75. The van der Waals surface area contributed by atoms with Crippen molar-refractivity contribution in [2.75, 3.05) is 11.1 Å². The molecule has 0 aliphatic rings. The van der Waals surface area contributed by atoms with Crippen LogP contribution in [0.15, 0.2) is 23.4 Å². The van der Waals surface area contributed by atoms with Crippen molar-refractivity contribution in [3.05, 3.63) is 27.3 Å². The van der Waals surface area contributed by atoms with Gasteiger partial charge in [0.05, 0.1) is 5.75 Å². The molecule has 0 atom stereocenters. The quantitative estimate of drug-likeness (QED) is 0.639. The summed E-state index contributed by atoms with van der Waals surface area (Å²) >= 11 is 3.54. The number of benzene rings is 1. The Hall–Kier alpha value is -1.16. The molecule has 0 radical (unpaired) electrons. The van der Waals surface area contributed by atoms with E-state index in [-0.39, 0.29) is 11.7 Å². The predicted octanol–water partition coefficient (Wildman–Crippen LogP) is 1.85. The van der Waals surface area contributed by atoms with Gasteiger partial charge in [-0.1, -0.05) is 11.8 Å². The predicted molar refractivity (Wildman–Crippen MR) is 82.0 cm³/mol. The molecule has 2 rings (SSSR count). The number of nitrogens with zero attached hydrogens (tertiary/aromatic N) is 4. The highest BCUT2D eigenvalue weighted by atomic mass is 127. The van der Waals surface area contributed by atoms with Crippen molar-refractivity contribution in [1.29, 1.82) is 0 Å². The summed E-state index contributed by atoms with van der Waals surface area (Å²) in [6, 6.07) is 5.89. The Balaban J connectivity index is 1.93. The maximum atomic E-state index is 11.8. The third kappa shape index (κ3) is 3.90. The third-order valence-corrected chi connectivity index (χ3v) is 4.06. The Labute approximate surface area is 128 Å². The van der Waals surface area contributed by atoms with Crippen LogP contribution in [0.4, 0.5) is 5.69 Å². The van der Waals surface area contributed by atoms with Gasteiger partial charge in [-0.25, -0.2) is 4.68 Å². The van der Waals surface area contributed by atoms with Gasteiger partial charge in [-0.3, -0.25) is 4.79 Å². The molecule has 1 N–H and O–H groups in total. The van der Waals surface area contributed by atoms with Crippen LogP contribution in [0.25, 0.3) is 0 Å². The number of hydrogen-bond acceptors (Lipinski definition) is 5. The minimum atomic E-state index is -0.0719. The molecule has 0 spiro atoms. The number of anilines is 1. The molecule has 0 saturated heterocycles. The van der Waals surface area contributed by atoms with Gasteiger partial charge in [0, 0.05) is 16.3 Å². The number of rotatable bonds is 4. The molecule has 8 heteroatoms. The molecule has 1 aromatic heterocycles. The highest BCUT2D eigenvalue weighted by Gasteiger charge is 2.09. The molecule has 0 aliphatic heterocycles. The minimum Gasteiger partial charge on any atom is -0.325 e. The van der Waals surface area contributed by atoms with E-state index in [2.05, 4.69) is 43.4 Å². The van der Waals surface area contributed by atoms with Crippen LogP contribution < -0.4 is 5.32 Å². The summed E-state index contributed by atoms with van der Waals surface area (Å²) in [4.78, 5) is 11.8. The molecular weight excluding hydrogens is 377 g/mol. The molecule has 0 fully saturated rings. The lowest BCUT2D eigenvalue weighted by Gasteiger charge is -2.08. The summed E-state index contributed by atoms with van der Waals surface area (Å²) in [6.45, 7) is 1.97. The van der Waals surface area contributed by atoms with Crippen LogP contribution >= 0.6 is 34.4 Å². The molecule has 1 amide bonds. The standard InChI is InChI=1S/C11H12IN5OS/c1-7-5-8(12)3-4-9(7)13-10(18)6-19-11-14-15-16-17(11)2/h3-5H,6H2,1-2H3,(H,13,18). The number of thioether (sulfide) groups is 1. The molecule has 0 unspecified atom stereocenters. The second-order valence-corrected chi connectivity index (χ2v) is 6.07. The normalized spacial score (nSPS) is 10.5. The van der Waals surface area contributed by atoms with Gasteiger partial charge in [0.1, 0.15) is 0 Å². The summed E-state index contributed by atoms with van der Waals surface area (Å²) in [5.74, 6) is 0.205. The van der Waals surface area contributed by atoms with Crippen molar-refractivity contribution in [2.45, 2.75) is 12.1 Å². The van der Waals surface area contributed by atoms with E-state index in [9.17, 15) is 4.79 Å². The zero-order valence-corrected chi connectivity index (χ0v) is 13.4. The molecule has 0 bridgehead atoms. The maximum absolute atomic E-state index is 11.8. The SMILES string of the molecule is Cc1cc(I)ccc1NC(=O)CSc1nnnn1C. The van der Waals surface area contributed by atoms with Crippen LogP contribution in [0, 0.1) is 10.5 Å². The van der Waals surface area contributed by atoms with Crippen LogP contribution in [0.5, 0.6) is 0 Å². The van der Waals surface area contributed by atoms with Crippen LogP contribution in [-0.4, -0.2) is 31.9 Å². The van der Waals surface area contributed by atoms with E-state index in [0.29, 0.717) is 5.16 Å². The fourth-order valence-corrected chi connectivity index (χ4v) is 2.72. The number of amides is 1. The smallest absolute Gasteiger partial charge is 0.234 e. The summed E-state index contributed by atoms with van der Waals surface area (Å²) in [5, 5.41) is 14.5. The fraction of sp³-hybridized carbons (Fsp3) is 0.273. The van der Waals surface area contributed by atoms with E-state index in [0.717, 1.165) is 14.8 Å². The second-order valence-electron chi connectivity index (χ2n) is 3.88. The zero-order chi connectivity index (χ0) is 13.8. The molecule has 0 saturated carbocycles. The van der Waals surface area contributed by atoms with E-state index in [4.69, 9.17) is 0 Å². The average molecular weight is 389 g/mol. The molecule has 1 aromatic carbocycles. The van der Waals surface area contributed by atoms with Crippen molar-refractivity contribution < 1.29 is 4.79 Å². The van der Waals surface area contributed by atoms with Gasteiger partial charge in [0.2, 0.25) is 11.1 Å². The summed E-state index contributed by atoms with van der Waals surface area (Å²) in [7, 11) is 1.74. The monoisotopic (exact) mass is 389 g/mol. The average Bonchev–Trinajstić information content (AvgIpc) is 2.76. The van der Waals surface area contributed by atoms with Crippen molar-refractivity contribution in [3.8, 4) is 0 Å². The first-order chi connectivity index (χ1) is 9.06. The van der Waals surface area contributed by atoms with Gasteiger partial charge < -0.3 is 5.32 Å². The first-order valence-electron chi connectivity index (χ1n) is 5.47. The molecule has 100 valence electrons. The molecule has 19 heavy (non-hydrogen) atoms. The van der Waals surface area contributed by atoms with E-state index in [1.54, 1.807) is 7.05 Å². The van der Waals surface area contributed by atoms with Crippen LogP contribution in [0.2, 0.25) is 0 Å². The van der Waals surface area contributed by atoms with Crippen LogP contribution in [0.3, 0.4) is 0 Å². The highest BCUT2D eigenvalue weighted by molar-refractivity contribution is 14.1. The summed E-state index contributed by atoms with van der Waals surface area (Å²) < 4.78 is 2.68. The Morgan fingerprint density at radius 3 is 2.95 bits per heavy atom. The van der Waals surface area contributed by atoms with Gasteiger partial charge in [0.15, 0.2) is 0 Å². The maximum Gasteiger partial charge on any atom is 0.234 e. The van der Waals surface area contributed by atoms with Gasteiger partial charge in [-0.2, -0.15) is 0 Å². The summed E-state index contributed by atoms with van der Waals surface area (Å²) in [6.07, 6.45) is 0. The largest absolute Gasteiger partial charge is 0.325 e. The Morgan fingerprint density at radius 1 is 1.53 bits per heavy atom. The topological polar surface area (TPSA) is 72.7 Å².